The monoisotopic (exact) mass is 462 g/mol. The van der Waals surface area contributed by atoms with E-state index in [0.717, 1.165) is 70.6 Å². The Balaban J connectivity index is 1.79. The minimum absolute atomic E-state index is 0.0119. The van der Waals surface area contributed by atoms with E-state index in [1.54, 1.807) is 21.6 Å². The van der Waals surface area contributed by atoms with E-state index in [1.165, 1.54) is 0 Å². The van der Waals surface area contributed by atoms with Gasteiger partial charge in [0.1, 0.15) is 6.04 Å². The first-order valence-electron chi connectivity index (χ1n) is 13.1. The SMILES string of the molecule is CCCC[C@@H](C(=O)C(=O)NC1CCCC1)N(C(=O)N1CCN(C(C)=O)CC1)C1CCCCC1. The Hall–Kier alpha value is -2.12. The fourth-order valence-corrected chi connectivity index (χ4v) is 5.55. The van der Waals surface area contributed by atoms with Gasteiger partial charge >= 0.3 is 6.03 Å². The molecule has 33 heavy (non-hydrogen) atoms. The molecule has 3 fully saturated rings. The van der Waals surface area contributed by atoms with Gasteiger partial charge in [0.15, 0.2) is 0 Å². The van der Waals surface area contributed by atoms with Crippen molar-refractivity contribution in [2.45, 2.75) is 109 Å². The fraction of sp³-hybridized carbons (Fsp3) is 0.840. The number of ketones is 1. The van der Waals surface area contributed by atoms with Crippen LogP contribution in [0.3, 0.4) is 0 Å². The third-order valence-corrected chi connectivity index (χ3v) is 7.57. The highest BCUT2D eigenvalue weighted by molar-refractivity contribution is 6.38. The van der Waals surface area contributed by atoms with E-state index in [1.807, 2.05) is 0 Å². The number of nitrogens with zero attached hydrogens (tertiary/aromatic N) is 3. The van der Waals surface area contributed by atoms with Gasteiger partial charge in [-0.1, -0.05) is 51.9 Å². The van der Waals surface area contributed by atoms with Crippen molar-refractivity contribution in [1.29, 1.82) is 0 Å². The van der Waals surface area contributed by atoms with Crippen LogP contribution >= 0.6 is 0 Å². The molecule has 4 amide bonds. The van der Waals surface area contributed by atoms with E-state index in [0.29, 0.717) is 32.6 Å². The van der Waals surface area contributed by atoms with Crippen molar-refractivity contribution < 1.29 is 19.2 Å². The Morgan fingerprint density at radius 2 is 1.45 bits per heavy atom. The summed E-state index contributed by atoms with van der Waals surface area (Å²) in [5.74, 6) is -0.972. The molecule has 1 N–H and O–H groups in total. The van der Waals surface area contributed by atoms with Gasteiger partial charge in [0.25, 0.3) is 5.91 Å². The number of nitrogens with one attached hydrogen (secondary N) is 1. The Bertz CT molecular complexity index is 693. The number of piperazine rings is 1. The van der Waals surface area contributed by atoms with E-state index >= 15 is 0 Å². The summed E-state index contributed by atoms with van der Waals surface area (Å²) >= 11 is 0. The third kappa shape index (κ3) is 6.70. The maximum atomic E-state index is 13.8. The van der Waals surface area contributed by atoms with E-state index < -0.39 is 17.7 Å². The second-order valence-corrected chi connectivity index (χ2v) is 9.95. The Labute approximate surface area is 198 Å². The van der Waals surface area contributed by atoms with Crippen LogP contribution in [0.15, 0.2) is 0 Å². The lowest BCUT2D eigenvalue weighted by Gasteiger charge is -2.44. The van der Waals surface area contributed by atoms with Crippen LogP contribution in [-0.2, 0) is 14.4 Å². The number of hydrogen-bond donors (Lipinski definition) is 1. The van der Waals surface area contributed by atoms with E-state index in [-0.39, 0.29) is 24.0 Å². The van der Waals surface area contributed by atoms with Crippen LogP contribution in [-0.4, -0.2) is 82.6 Å². The summed E-state index contributed by atoms with van der Waals surface area (Å²) in [7, 11) is 0. The second kappa shape index (κ2) is 12.4. The number of unbranched alkanes of at least 4 members (excludes halogenated alkanes) is 1. The molecule has 1 saturated heterocycles. The molecule has 0 aromatic heterocycles. The lowest BCUT2D eigenvalue weighted by Crippen LogP contribution is -2.61. The first kappa shape index (κ1) is 25.5. The Kier molecular flexibility index (Phi) is 9.56. The maximum Gasteiger partial charge on any atom is 0.321 e. The highest BCUT2D eigenvalue weighted by atomic mass is 16.2. The van der Waals surface area contributed by atoms with Crippen LogP contribution in [0.2, 0.25) is 0 Å². The molecule has 1 atom stereocenters. The standard InChI is InChI=1S/C25H42N4O4/c1-3-4-14-22(23(31)24(32)26-20-10-8-9-11-20)29(21-12-6-5-7-13-21)25(33)28-17-15-27(16-18-28)19(2)30/h20-22H,3-18H2,1-2H3,(H,26,32)/t22-/m0/s1. The van der Waals surface area contributed by atoms with Crippen LogP contribution in [0.4, 0.5) is 4.79 Å². The summed E-state index contributed by atoms with van der Waals surface area (Å²) in [4.78, 5) is 57.2. The average Bonchev–Trinajstić information content (AvgIpc) is 3.34. The molecule has 8 heteroatoms. The van der Waals surface area contributed by atoms with Gasteiger partial charge in [-0.25, -0.2) is 4.79 Å². The molecule has 3 aliphatic rings. The van der Waals surface area contributed by atoms with Gasteiger partial charge in [0.2, 0.25) is 11.7 Å². The summed E-state index contributed by atoms with van der Waals surface area (Å²) in [5, 5.41) is 2.95. The zero-order valence-electron chi connectivity index (χ0n) is 20.5. The van der Waals surface area contributed by atoms with E-state index in [9.17, 15) is 19.2 Å². The van der Waals surface area contributed by atoms with Gasteiger partial charge in [-0.3, -0.25) is 14.4 Å². The summed E-state index contributed by atoms with van der Waals surface area (Å²) in [6.07, 6.45) is 11.2. The number of rotatable bonds is 8. The second-order valence-electron chi connectivity index (χ2n) is 9.95. The molecule has 2 aliphatic carbocycles. The minimum Gasteiger partial charge on any atom is -0.347 e. The summed E-state index contributed by atoms with van der Waals surface area (Å²) in [6, 6.07) is -0.796. The van der Waals surface area contributed by atoms with Crippen LogP contribution < -0.4 is 5.32 Å². The molecule has 0 aromatic rings. The number of carbonyl (C=O) groups excluding carboxylic acids is 4. The van der Waals surface area contributed by atoms with Crippen molar-refractivity contribution in [2.24, 2.45) is 0 Å². The molecule has 0 radical (unpaired) electrons. The maximum absolute atomic E-state index is 13.8. The lowest BCUT2D eigenvalue weighted by atomic mass is 9.91. The van der Waals surface area contributed by atoms with Gasteiger partial charge in [-0.15, -0.1) is 0 Å². The quantitative estimate of drug-likeness (QED) is 0.561. The summed E-state index contributed by atoms with van der Waals surface area (Å²) in [6.45, 7) is 5.56. The Morgan fingerprint density at radius 1 is 0.879 bits per heavy atom. The smallest absolute Gasteiger partial charge is 0.321 e. The zero-order valence-corrected chi connectivity index (χ0v) is 20.5. The highest BCUT2D eigenvalue weighted by Gasteiger charge is 2.40. The fourth-order valence-electron chi connectivity index (χ4n) is 5.55. The number of hydrogen-bond acceptors (Lipinski definition) is 4. The molecule has 2 saturated carbocycles. The number of carbonyl (C=O) groups is 4. The van der Waals surface area contributed by atoms with Crippen molar-refractivity contribution in [3.63, 3.8) is 0 Å². The van der Waals surface area contributed by atoms with Crippen molar-refractivity contribution in [1.82, 2.24) is 20.0 Å². The molecule has 186 valence electrons. The van der Waals surface area contributed by atoms with Crippen LogP contribution in [0.5, 0.6) is 0 Å². The van der Waals surface area contributed by atoms with Gasteiger partial charge in [-0.2, -0.15) is 0 Å². The van der Waals surface area contributed by atoms with Gasteiger partial charge in [-0.05, 0) is 32.1 Å². The zero-order chi connectivity index (χ0) is 23.8. The lowest BCUT2D eigenvalue weighted by molar-refractivity contribution is -0.141. The summed E-state index contributed by atoms with van der Waals surface area (Å²) in [5.41, 5.74) is 0. The summed E-state index contributed by atoms with van der Waals surface area (Å²) < 4.78 is 0. The largest absolute Gasteiger partial charge is 0.347 e. The first-order valence-corrected chi connectivity index (χ1v) is 13.1. The molecule has 0 bridgehead atoms. The Morgan fingerprint density at radius 3 is 2.03 bits per heavy atom. The highest BCUT2D eigenvalue weighted by Crippen LogP contribution is 2.28. The number of amides is 4. The predicted molar refractivity (Wildman–Crippen MR) is 127 cm³/mol. The van der Waals surface area contributed by atoms with Gasteiger partial charge in [0.05, 0.1) is 0 Å². The van der Waals surface area contributed by atoms with Gasteiger partial charge < -0.3 is 20.0 Å². The third-order valence-electron chi connectivity index (χ3n) is 7.57. The van der Waals surface area contributed by atoms with E-state index in [2.05, 4.69) is 12.2 Å². The molecular formula is C25H42N4O4. The van der Waals surface area contributed by atoms with Crippen LogP contribution in [0.25, 0.3) is 0 Å². The van der Waals surface area contributed by atoms with Crippen molar-refractivity contribution >= 4 is 23.6 Å². The topological polar surface area (TPSA) is 90.0 Å². The molecule has 1 aliphatic heterocycles. The molecule has 0 unspecified atom stereocenters. The van der Waals surface area contributed by atoms with Crippen molar-refractivity contribution in [3.8, 4) is 0 Å². The van der Waals surface area contributed by atoms with Crippen LogP contribution in [0, 0.1) is 0 Å². The van der Waals surface area contributed by atoms with E-state index in [4.69, 9.17) is 0 Å². The molecule has 3 rings (SSSR count). The van der Waals surface area contributed by atoms with Gasteiger partial charge in [0, 0.05) is 45.2 Å². The van der Waals surface area contributed by atoms with Crippen molar-refractivity contribution in [2.75, 3.05) is 26.2 Å². The van der Waals surface area contributed by atoms with Crippen molar-refractivity contribution in [3.05, 3.63) is 0 Å². The van der Waals surface area contributed by atoms with Crippen LogP contribution in [0.1, 0.15) is 90.9 Å². The number of urea groups is 1. The molecule has 1 heterocycles. The molecule has 8 nitrogen and oxygen atoms in total. The predicted octanol–water partition coefficient (Wildman–Crippen LogP) is 3.09. The number of Topliss-reactive ketones (excluding diaryl/α,β-unsaturated/α-hetero) is 1. The minimum atomic E-state index is -0.715. The normalized spacial score (nSPS) is 21.0. The first-order chi connectivity index (χ1) is 15.9. The molecule has 0 aromatic carbocycles. The molecular weight excluding hydrogens is 420 g/mol. The molecule has 0 spiro atoms. The average molecular weight is 463 g/mol.